The van der Waals surface area contributed by atoms with Crippen molar-refractivity contribution in [2.24, 2.45) is 28.6 Å². The van der Waals surface area contributed by atoms with Gasteiger partial charge in [0.05, 0.1) is 5.54 Å². The zero-order valence-electron chi connectivity index (χ0n) is 21.4. The summed E-state index contributed by atoms with van der Waals surface area (Å²) >= 11 is 0. The summed E-state index contributed by atoms with van der Waals surface area (Å²) in [6.45, 7) is 8.79. The highest BCUT2D eigenvalue weighted by Gasteiger charge is 2.60. The Labute approximate surface area is 204 Å². The Kier molecular flexibility index (Phi) is 5.61. The van der Waals surface area contributed by atoms with Crippen molar-refractivity contribution < 1.29 is 14.3 Å². The van der Waals surface area contributed by atoms with Gasteiger partial charge < -0.3 is 15.0 Å². The van der Waals surface area contributed by atoms with Gasteiger partial charge in [-0.3, -0.25) is 4.79 Å². The number of hydrogen-bond donors (Lipinski definition) is 1. The van der Waals surface area contributed by atoms with Gasteiger partial charge in [0.15, 0.2) is 0 Å². The summed E-state index contributed by atoms with van der Waals surface area (Å²) in [5.74, 6) is 2.02. The molecule has 0 spiro atoms. The number of fused-ring (bicyclic) bond motifs is 5. The van der Waals surface area contributed by atoms with Crippen LogP contribution >= 0.6 is 0 Å². The zero-order valence-corrected chi connectivity index (χ0v) is 21.4. The standard InChI is InChI=1S/C29H40N2O3/c1-27(2,19-9-7-6-8-10-19)30-26(33)34-24-14-12-21-20-11-13-23-28(3,18-16-25(32)31(23)5)22(20)15-17-29(21,24)4/h6-10,13,20-22,24H,11-12,14-18H2,1-5H3,(H,30,33)/t20-,21-,22-,24-,28+,29-/m0/s1. The van der Waals surface area contributed by atoms with Gasteiger partial charge in [0.1, 0.15) is 6.10 Å². The molecule has 1 saturated heterocycles. The van der Waals surface area contributed by atoms with Crippen LogP contribution in [0.25, 0.3) is 0 Å². The van der Waals surface area contributed by atoms with Crippen LogP contribution in [0.15, 0.2) is 42.1 Å². The number of nitrogens with zero attached hydrogens (tertiary/aromatic N) is 1. The van der Waals surface area contributed by atoms with Crippen molar-refractivity contribution in [2.75, 3.05) is 7.05 Å². The molecule has 1 N–H and O–H groups in total. The number of rotatable bonds is 3. The Morgan fingerprint density at radius 1 is 1.09 bits per heavy atom. The summed E-state index contributed by atoms with van der Waals surface area (Å²) in [5, 5.41) is 3.11. The Balaban J connectivity index is 1.31. The molecule has 1 aliphatic heterocycles. The zero-order chi connectivity index (χ0) is 24.3. The predicted molar refractivity (Wildman–Crippen MR) is 133 cm³/mol. The lowest BCUT2D eigenvalue weighted by molar-refractivity contribution is -0.136. The van der Waals surface area contributed by atoms with Gasteiger partial charge in [-0.25, -0.2) is 4.79 Å². The molecular formula is C29H40N2O3. The van der Waals surface area contributed by atoms with Gasteiger partial charge in [-0.15, -0.1) is 0 Å². The summed E-state index contributed by atoms with van der Waals surface area (Å²) in [6.07, 6.45) is 8.93. The lowest BCUT2D eigenvalue weighted by atomic mass is 9.49. The first-order valence-electron chi connectivity index (χ1n) is 13.1. The summed E-state index contributed by atoms with van der Waals surface area (Å²) in [4.78, 5) is 27.3. The van der Waals surface area contributed by atoms with Crippen LogP contribution < -0.4 is 5.32 Å². The van der Waals surface area contributed by atoms with E-state index < -0.39 is 5.54 Å². The van der Waals surface area contributed by atoms with Crippen LogP contribution in [0.2, 0.25) is 0 Å². The molecule has 6 atom stereocenters. The average Bonchev–Trinajstić information content (AvgIpc) is 3.13. The summed E-state index contributed by atoms with van der Waals surface area (Å²) in [7, 11) is 1.95. The molecule has 34 heavy (non-hydrogen) atoms. The van der Waals surface area contributed by atoms with Crippen LogP contribution in [-0.4, -0.2) is 30.1 Å². The number of allylic oxidation sites excluding steroid dienone is 2. The van der Waals surface area contributed by atoms with Gasteiger partial charge in [-0.05, 0) is 75.7 Å². The normalized spacial score (nSPS) is 37.3. The van der Waals surface area contributed by atoms with E-state index in [1.54, 1.807) is 0 Å². The molecule has 0 aromatic heterocycles. The highest BCUT2D eigenvalue weighted by molar-refractivity contribution is 5.79. The summed E-state index contributed by atoms with van der Waals surface area (Å²) in [6, 6.07) is 10.1. The minimum atomic E-state index is -0.488. The van der Waals surface area contributed by atoms with Gasteiger partial charge in [-0.1, -0.05) is 50.3 Å². The average molecular weight is 465 g/mol. The number of carbonyl (C=O) groups excluding carboxylic acids is 2. The molecule has 5 heteroatoms. The van der Waals surface area contributed by atoms with Gasteiger partial charge in [0.2, 0.25) is 5.91 Å². The third kappa shape index (κ3) is 3.58. The van der Waals surface area contributed by atoms with Crippen molar-refractivity contribution in [1.29, 1.82) is 0 Å². The van der Waals surface area contributed by atoms with E-state index in [0.717, 1.165) is 44.1 Å². The van der Waals surface area contributed by atoms with Crippen LogP contribution in [0, 0.1) is 28.6 Å². The molecule has 2 amide bonds. The molecule has 0 radical (unpaired) electrons. The number of likely N-dealkylation sites (tertiary alicyclic amines) is 1. The third-order valence-corrected chi connectivity index (χ3v) is 10.1. The van der Waals surface area contributed by atoms with Crippen LogP contribution in [-0.2, 0) is 15.1 Å². The number of hydrogen-bond acceptors (Lipinski definition) is 3. The first kappa shape index (κ1) is 23.4. The largest absolute Gasteiger partial charge is 0.446 e. The number of ether oxygens (including phenoxy) is 1. The van der Waals surface area contributed by atoms with Crippen molar-refractivity contribution in [3.63, 3.8) is 0 Å². The van der Waals surface area contributed by atoms with Crippen molar-refractivity contribution in [2.45, 2.75) is 84.3 Å². The van der Waals surface area contributed by atoms with E-state index >= 15 is 0 Å². The second-order valence-electron chi connectivity index (χ2n) is 12.2. The van der Waals surface area contributed by atoms with E-state index in [2.05, 4.69) is 25.2 Å². The van der Waals surface area contributed by atoms with Crippen molar-refractivity contribution in [1.82, 2.24) is 10.2 Å². The maximum Gasteiger partial charge on any atom is 0.408 e. The second-order valence-corrected chi connectivity index (χ2v) is 12.2. The van der Waals surface area contributed by atoms with E-state index in [9.17, 15) is 9.59 Å². The number of amides is 2. The molecule has 1 aromatic carbocycles. The number of piperidine rings is 1. The maximum atomic E-state index is 13.0. The number of benzene rings is 1. The maximum absolute atomic E-state index is 13.0. The molecule has 5 rings (SSSR count). The molecule has 0 bridgehead atoms. The van der Waals surface area contributed by atoms with Crippen LogP contribution in [0.3, 0.4) is 0 Å². The fourth-order valence-electron chi connectivity index (χ4n) is 8.07. The molecule has 4 aliphatic rings. The number of carbonyl (C=O) groups is 2. The molecule has 0 unspecified atom stereocenters. The monoisotopic (exact) mass is 464 g/mol. The topological polar surface area (TPSA) is 58.6 Å². The molecular weight excluding hydrogens is 424 g/mol. The Hall–Kier alpha value is -2.30. The summed E-state index contributed by atoms with van der Waals surface area (Å²) < 4.78 is 6.17. The molecule has 5 nitrogen and oxygen atoms in total. The smallest absolute Gasteiger partial charge is 0.408 e. The van der Waals surface area contributed by atoms with Gasteiger partial charge in [-0.2, -0.15) is 0 Å². The molecule has 1 aromatic rings. The minimum absolute atomic E-state index is 0.0213. The van der Waals surface area contributed by atoms with Crippen LogP contribution in [0.1, 0.15) is 78.2 Å². The first-order chi connectivity index (χ1) is 16.1. The third-order valence-electron chi connectivity index (χ3n) is 10.1. The Bertz CT molecular complexity index is 1000. The molecule has 2 saturated carbocycles. The lowest BCUT2D eigenvalue weighted by Crippen LogP contribution is -2.54. The van der Waals surface area contributed by atoms with Crippen LogP contribution in [0.5, 0.6) is 0 Å². The quantitative estimate of drug-likeness (QED) is 0.596. The van der Waals surface area contributed by atoms with Crippen molar-refractivity contribution >= 4 is 12.0 Å². The van der Waals surface area contributed by atoms with Gasteiger partial charge >= 0.3 is 6.09 Å². The van der Waals surface area contributed by atoms with E-state index in [1.807, 2.05) is 56.1 Å². The van der Waals surface area contributed by atoms with Crippen molar-refractivity contribution in [3.8, 4) is 0 Å². The van der Waals surface area contributed by atoms with Gasteiger partial charge in [0.25, 0.3) is 0 Å². The first-order valence-corrected chi connectivity index (χ1v) is 13.1. The van der Waals surface area contributed by atoms with Crippen LogP contribution in [0.4, 0.5) is 4.79 Å². The number of nitrogens with one attached hydrogen (secondary N) is 1. The fourth-order valence-corrected chi connectivity index (χ4v) is 8.07. The van der Waals surface area contributed by atoms with Gasteiger partial charge in [0, 0.05) is 30.0 Å². The second kappa shape index (κ2) is 8.13. The highest BCUT2D eigenvalue weighted by Crippen LogP contribution is 2.64. The molecule has 184 valence electrons. The Morgan fingerprint density at radius 3 is 2.56 bits per heavy atom. The lowest BCUT2D eigenvalue weighted by Gasteiger charge is -2.58. The highest BCUT2D eigenvalue weighted by atomic mass is 16.6. The minimum Gasteiger partial charge on any atom is -0.446 e. The molecule has 1 heterocycles. The Morgan fingerprint density at radius 2 is 1.82 bits per heavy atom. The summed E-state index contributed by atoms with van der Waals surface area (Å²) in [5.41, 5.74) is 1.94. The number of alkyl carbamates (subject to hydrolysis) is 1. The van der Waals surface area contributed by atoms with E-state index in [1.165, 1.54) is 5.70 Å². The molecule has 3 aliphatic carbocycles. The fraction of sp³-hybridized carbons (Fsp3) is 0.655. The SMILES string of the molecule is CN1C(=O)CC[C@@]2(C)C1=CC[C@H]1[C@@H]3CC[C@H](OC(=O)NC(C)(C)c4ccccc4)[C@@]3(C)CC[C@@H]12. The van der Waals surface area contributed by atoms with Crippen molar-refractivity contribution in [3.05, 3.63) is 47.7 Å². The van der Waals surface area contributed by atoms with E-state index in [-0.39, 0.29) is 28.9 Å². The predicted octanol–water partition coefficient (Wildman–Crippen LogP) is 6.01. The van der Waals surface area contributed by atoms with E-state index in [4.69, 9.17) is 4.74 Å². The molecule has 3 fully saturated rings. The van der Waals surface area contributed by atoms with E-state index in [0.29, 0.717) is 24.2 Å².